The van der Waals surface area contributed by atoms with Crippen LogP contribution < -0.4 is 5.73 Å². The maximum Gasteiger partial charge on any atom is 0.199 e. The van der Waals surface area contributed by atoms with Crippen LogP contribution in [0.2, 0.25) is 0 Å². The van der Waals surface area contributed by atoms with Crippen molar-refractivity contribution in [2.45, 2.75) is 19.4 Å². The van der Waals surface area contributed by atoms with Crippen LogP contribution in [0.3, 0.4) is 0 Å². The van der Waals surface area contributed by atoms with E-state index in [0.717, 1.165) is 11.3 Å². The lowest BCUT2D eigenvalue weighted by Gasteiger charge is -2.08. The van der Waals surface area contributed by atoms with E-state index in [0.29, 0.717) is 23.5 Å². The van der Waals surface area contributed by atoms with Gasteiger partial charge in [0.05, 0.1) is 0 Å². The molecule has 4 heteroatoms. The molecule has 96 valence electrons. The predicted molar refractivity (Wildman–Crippen MR) is 73.6 cm³/mol. The minimum atomic E-state index is -0.115. The predicted octanol–water partition coefficient (Wildman–Crippen LogP) is 2.77. The van der Waals surface area contributed by atoms with Crippen LogP contribution >= 0.6 is 0 Å². The van der Waals surface area contributed by atoms with Crippen molar-refractivity contribution in [3.05, 3.63) is 59.6 Å². The molecule has 4 nitrogen and oxygen atoms in total. The summed E-state index contributed by atoms with van der Waals surface area (Å²) >= 11 is 0. The van der Waals surface area contributed by atoms with Gasteiger partial charge in [0.2, 0.25) is 0 Å². The normalized spacial score (nSPS) is 12.7. The van der Waals surface area contributed by atoms with E-state index in [4.69, 9.17) is 10.2 Å². The van der Waals surface area contributed by atoms with Crippen LogP contribution in [-0.4, -0.2) is 9.97 Å². The number of hydrogen-bond acceptors (Lipinski definition) is 4. The second-order valence-electron chi connectivity index (χ2n) is 4.60. The molecule has 2 aromatic heterocycles. The molecule has 19 heavy (non-hydrogen) atoms. The number of aryl methyl sites for hydroxylation is 1. The molecule has 0 saturated heterocycles. The molecule has 0 aliphatic carbocycles. The Morgan fingerprint density at radius 2 is 1.89 bits per heavy atom. The molecule has 0 spiro atoms. The Kier molecular flexibility index (Phi) is 3.01. The van der Waals surface area contributed by atoms with E-state index in [1.165, 1.54) is 0 Å². The standard InChI is InChI=1S/C15H15N3O/c1-10-7-8-13-15(17-10)18-14(19-13)9-12(16)11-5-3-2-4-6-11/h2-8,12H,9,16H2,1H3. The van der Waals surface area contributed by atoms with Gasteiger partial charge in [-0.2, -0.15) is 4.98 Å². The zero-order chi connectivity index (χ0) is 13.2. The van der Waals surface area contributed by atoms with Crippen LogP contribution in [0.5, 0.6) is 0 Å². The van der Waals surface area contributed by atoms with Gasteiger partial charge in [-0.25, -0.2) is 4.98 Å². The minimum absolute atomic E-state index is 0.115. The number of aromatic nitrogens is 2. The maximum atomic E-state index is 6.16. The van der Waals surface area contributed by atoms with Gasteiger partial charge in [-0.1, -0.05) is 30.3 Å². The quantitative estimate of drug-likeness (QED) is 0.779. The van der Waals surface area contributed by atoms with Crippen molar-refractivity contribution < 1.29 is 4.42 Å². The van der Waals surface area contributed by atoms with E-state index in [-0.39, 0.29) is 6.04 Å². The van der Waals surface area contributed by atoms with E-state index in [1.54, 1.807) is 0 Å². The Hall–Kier alpha value is -2.20. The van der Waals surface area contributed by atoms with Crippen molar-refractivity contribution in [3.8, 4) is 0 Å². The average molecular weight is 253 g/mol. The molecule has 0 radical (unpaired) electrons. The fourth-order valence-electron chi connectivity index (χ4n) is 2.05. The number of rotatable bonds is 3. The third-order valence-electron chi connectivity index (χ3n) is 3.06. The third-order valence-corrected chi connectivity index (χ3v) is 3.06. The summed E-state index contributed by atoms with van der Waals surface area (Å²) in [6, 6.07) is 13.6. The van der Waals surface area contributed by atoms with Gasteiger partial charge in [0.15, 0.2) is 17.1 Å². The van der Waals surface area contributed by atoms with Gasteiger partial charge >= 0.3 is 0 Å². The summed E-state index contributed by atoms with van der Waals surface area (Å²) in [6.45, 7) is 1.93. The minimum Gasteiger partial charge on any atom is -0.439 e. The van der Waals surface area contributed by atoms with Crippen LogP contribution in [0.4, 0.5) is 0 Å². The molecule has 3 rings (SSSR count). The van der Waals surface area contributed by atoms with Crippen molar-refractivity contribution in [1.82, 2.24) is 9.97 Å². The Labute approximate surface area is 111 Å². The molecule has 2 N–H and O–H groups in total. The molecule has 2 heterocycles. The van der Waals surface area contributed by atoms with Gasteiger partial charge in [0, 0.05) is 18.2 Å². The Bertz CT molecular complexity index is 691. The number of oxazole rings is 1. The van der Waals surface area contributed by atoms with Gasteiger partial charge in [0.25, 0.3) is 0 Å². The van der Waals surface area contributed by atoms with Crippen LogP contribution in [0.1, 0.15) is 23.2 Å². The van der Waals surface area contributed by atoms with Gasteiger partial charge < -0.3 is 10.2 Å². The molecule has 0 amide bonds. The zero-order valence-electron chi connectivity index (χ0n) is 10.7. The van der Waals surface area contributed by atoms with Crippen molar-refractivity contribution in [1.29, 1.82) is 0 Å². The van der Waals surface area contributed by atoms with E-state index >= 15 is 0 Å². The SMILES string of the molecule is Cc1ccc2oc(CC(N)c3ccccc3)nc2n1. The summed E-state index contributed by atoms with van der Waals surface area (Å²) in [6.07, 6.45) is 0.569. The molecule has 1 aromatic carbocycles. The molecular weight excluding hydrogens is 238 g/mol. The number of nitrogens with zero attached hydrogens (tertiary/aromatic N) is 2. The van der Waals surface area contributed by atoms with Crippen LogP contribution in [0.15, 0.2) is 46.9 Å². The molecule has 0 fully saturated rings. The summed E-state index contributed by atoms with van der Waals surface area (Å²) in [5.74, 6) is 0.629. The molecule has 1 unspecified atom stereocenters. The van der Waals surface area contributed by atoms with E-state index in [1.807, 2.05) is 49.4 Å². The summed E-state index contributed by atoms with van der Waals surface area (Å²) in [7, 11) is 0. The summed E-state index contributed by atoms with van der Waals surface area (Å²) in [5.41, 5.74) is 9.52. The highest BCUT2D eigenvalue weighted by atomic mass is 16.3. The van der Waals surface area contributed by atoms with Crippen LogP contribution in [0, 0.1) is 6.92 Å². The van der Waals surface area contributed by atoms with Crippen LogP contribution in [0.25, 0.3) is 11.2 Å². The second-order valence-corrected chi connectivity index (χ2v) is 4.60. The molecule has 3 aromatic rings. The van der Waals surface area contributed by atoms with Gasteiger partial charge in [0.1, 0.15) is 0 Å². The van der Waals surface area contributed by atoms with Crippen molar-refractivity contribution >= 4 is 11.2 Å². The molecule has 0 aliphatic rings. The smallest absolute Gasteiger partial charge is 0.199 e. The van der Waals surface area contributed by atoms with Gasteiger partial charge in [-0.05, 0) is 24.6 Å². The highest BCUT2D eigenvalue weighted by Gasteiger charge is 2.12. The zero-order valence-corrected chi connectivity index (χ0v) is 10.7. The molecule has 1 atom stereocenters. The van der Waals surface area contributed by atoms with Crippen molar-refractivity contribution in [3.63, 3.8) is 0 Å². The highest BCUT2D eigenvalue weighted by molar-refractivity contribution is 5.67. The lowest BCUT2D eigenvalue weighted by molar-refractivity contribution is 0.502. The first kappa shape index (κ1) is 11.9. The second kappa shape index (κ2) is 4.82. The average Bonchev–Trinajstić information content (AvgIpc) is 2.81. The van der Waals surface area contributed by atoms with E-state index < -0.39 is 0 Å². The highest BCUT2D eigenvalue weighted by Crippen LogP contribution is 2.19. The molecule has 0 aliphatic heterocycles. The first-order chi connectivity index (χ1) is 9.22. The maximum absolute atomic E-state index is 6.16. The third kappa shape index (κ3) is 2.48. The number of hydrogen-bond donors (Lipinski definition) is 1. The van der Waals surface area contributed by atoms with E-state index in [9.17, 15) is 0 Å². The van der Waals surface area contributed by atoms with Crippen molar-refractivity contribution in [2.75, 3.05) is 0 Å². The summed E-state index contributed by atoms with van der Waals surface area (Å²) < 4.78 is 5.66. The lowest BCUT2D eigenvalue weighted by Crippen LogP contribution is -2.13. The number of benzene rings is 1. The monoisotopic (exact) mass is 253 g/mol. The summed E-state index contributed by atoms with van der Waals surface area (Å²) in [5, 5.41) is 0. The Morgan fingerprint density at radius 1 is 1.11 bits per heavy atom. The largest absolute Gasteiger partial charge is 0.439 e. The lowest BCUT2D eigenvalue weighted by atomic mass is 10.1. The topological polar surface area (TPSA) is 64.9 Å². The Morgan fingerprint density at radius 3 is 2.68 bits per heavy atom. The number of fused-ring (bicyclic) bond motifs is 1. The number of nitrogens with two attached hydrogens (primary N) is 1. The van der Waals surface area contributed by atoms with Gasteiger partial charge in [-0.15, -0.1) is 0 Å². The van der Waals surface area contributed by atoms with Crippen molar-refractivity contribution in [2.24, 2.45) is 5.73 Å². The summed E-state index contributed by atoms with van der Waals surface area (Å²) in [4.78, 5) is 8.71. The molecule has 0 bridgehead atoms. The van der Waals surface area contributed by atoms with Gasteiger partial charge in [-0.3, -0.25) is 0 Å². The first-order valence-corrected chi connectivity index (χ1v) is 6.26. The fraction of sp³-hybridized carbons (Fsp3) is 0.200. The molecular formula is C15H15N3O. The first-order valence-electron chi connectivity index (χ1n) is 6.26. The fourth-order valence-corrected chi connectivity index (χ4v) is 2.05. The Balaban J connectivity index is 1.85. The van der Waals surface area contributed by atoms with E-state index in [2.05, 4.69) is 9.97 Å². The molecule has 0 saturated carbocycles. The number of pyridine rings is 1. The van der Waals surface area contributed by atoms with Crippen LogP contribution in [-0.2, 0) is 6.42 Å².